The van der Waals surface area contributed by atoms with Gasteiger partial charge >= 0.3 is 6.03 Å². The minimum Gasteiger partial charge on any atom is -0.338 e. The molecule has 27 heavy (non-hydrogen) atoms. The Bertz CT molecular complexity index is 622. The van der Waals surface area contributed by atoms with E-state index in [9.17, 15) is 4.79 Å². The monoisotopic (exact) mass is 370 g/mol. The fraction of sp³-hybridized carbons (Fsp3) is 0.591. The lowest BCUT2D eigenvalue weighted by atomic mass is 9.94. The first kappa shape index (κ1) is 19.9. The van der Waals surface area contributed by atoms with Gasteiger partial charge in [-0.25, -0.2) is 4.79 Å². The average molecular weight is 371 g/mol. The maximum Gasteiger partial charge on any atom is 0.315 e. The lowest BCUT2D eigenvalue weighted by molar-refractivity contribution is 0.131. The SMILES string of the molecule is CCN1CCN(Cc2ccccc2CNC(=O)NC[C@H]2CC=CCC2)CC1. The van der Waals surface area contributed by atoms with Crippen LogP contribution in [0.3, 0.4) is 0 Å². The van der Waals surface area contributed by atoms with Gasteiger partial charge in [-0.05, 0) is 42.9 Å². The van der Waals surface area contributed by atoms with E-state index in [1.54, 1.807) is 0 Å². The van der Waals surface area contributed by atoms with E-state index >= 15 is 0 Å². The summed E-state index contributed by atoms with van der Waals surface area (Å²) in [6, 6.07) is 8.41. The number of nitrogens with one attached hydrogen (secondary N) is 2. The van der Waals surface area contributed by atoms with Crippen molar-refractivity contribution in [1.82, 2.24) is 20.4 Å². The van der Waals surface area contributed by atoms with E-state index in [4.69, 9.17) is 0 Å². The highest BCUT2D eigenvalue weighted by atomic mass is 16.2. The van der Waals surface area contributed by atoms with Crippen LogP contribution in [-0.4, -0.2) is 55.1 Å². The number of hydrogen-bond acceptors (Lipinski definition) is 3. The van der Waals surface area contributed by atoms with Gasteiger partial charge in [0.1, 0.15) is 0 Å². The molecule has 1 saturated heterocycles. The number of amides is 2. The van der Waals surface area contributed by atoms with Crippen LogP contribution in [0.25, 0.3) is 0 Å². The molecule has 1 atom stereocenters. The Hall–Kier alpha value is -1.85. The Kier molecular flexibility index (Phi) is 7.72. The number of likely N-dealkylation sites (N-methyl/N-ethyl adjacent to an activating group) is 1. The van der Waals surface area contributed by atoms with E-state index in [2.05, 4.69) is 63.8 Å². The summed E-state index contributed by atoms with van der Waals surface area (Å²) in [5.74, 6) is 0.579. The second kappa shape index (κ2) is 10.5. The number of rotatable bonds is 7. The van der Waals surface area contributed by atoms with Gasteiger partial charge in [-0.15, -0.1) is 0 Å². The van der Waals surface area contributed by atoms with Crippen LogP contribution in [0, 0.1) is 5.92 Å². The maximum atomic E-state index is 12.2. The topological polar surface area (TPSA) is 47.6 Å². The maximum absolute atomic E-state index is 12.2. The number of urea groups is 1. The van der Waals surface area contributed by atoms with E-state index in [1.807, 2.05) is 0 Å². The molecule has 2 N–H and O–H groups in total. The van der Waals surface area contributed by atoms with Crippen LogP contribution in [0.15, 0.2) is 36.4 Å². The molecule has 0 bridgehead atoms. The molecule has 1 aromatic carbocycles. The third kappa shape index (κ3) is 6.36. The van der Waals surface area contributed by atoms with Crippen molar-refractivity contribution in [1.29, 1.82) is 0 Å². The third-order valence-corrected chi connectivity index (χ3v) is 5.79. The lowest BCUT2D eigenvalue weighted by Gasteiger charge is -2.34. The molecule has 3 rings (SSSR count). The number of piperazine rings is 1. The molecule has 5 nitrogen and oxygen atoms in total. The normalized spacial score (nSPS) is 21.1. The zero-order chi connectivity index (χ0) is 18.9. The Morgan fingerprint density at radius 3 is 2.48 bits per heavy atom. The fourth-order valence-electron chi connectivity index (χ4n) is 3.91. The van der Waals surface area contributed by atoms with Crippen LogP contribution in [0.1, 0.15) is 37.3 Å². The molecule has 1 aliphatic heterocycles. The molecule has 0 unspecified atom stereocenters. The molecule has 0 spiro atoms. The molecule has 2 amide bonds. The lowest BCUT2D eigenvalue weighted by Crippen LogP contribution is -2.45. The van der Waals surface area contributed by atoms with E-state index < -0.39 is 0 Å². The molecule has 2 aliphatic rings. The molecule has 1 heterocycles. The highest BCUT2D eigenvalue weighted by Gasteiger charge is 2.17. The second-order valence-electron chi connectivity index (χ2n) is 7.69. The molecule has 0 aromatic heterocycles. The summed E-state index contributed by atoms with van der Waals surface area (Å²) in [7, 11) is 0. The first-order chi connectivity index (χ1) is 13.2. The predicted molar refractivity (Wildman–Crippen MR) is 111 cm³/mol. The summed E-state index contributed by atoms with van der Waals surface area (Å²) in [6.45, 7) is 10.2. The zero-order valence-electron chi connectivity index (χ0n) is 16.6. The van der Waals surface area contributed by atoms with Crippen molar-refractivity contribution < 1.29 is 4.79 Å². The molecule has 5 heteroatoms. The van der Waals surface area contributed by atoms with Gasteiger partial charge < -0.3 is 15.5 Å². The van der Waals surface area contributed by atoms with Crippen LogP contribution in [0.5, 0.6) is 0 Å². The standard InChI is InChI=1S/C22H34N4O/c1-2-25-12-14-26(15-13-25)18-21-11-7-6-10-20(21)17-24-22(27)23-16-19-8-4-3-5-9-19/h3-4,6-7,10-11,19H,2,5,8-9,12-18H2,1H3,(H2,23,24,27)/t19-/m0/s1. The highest BCUT2D eigenvalue weighted by Crippen LogP contribution is 2.17. The van der Waals surface area contributed by atoms with Gasteiger partial charge in [0.25, 0.3) is 0 Å². The Labute approximate surface area is 163 Å². The van der Waals surface area contributed by atoms with E-state index in [0.717, 1.165) is 58.7 Å². The Balaban J connectivity index is 1.44. The molecule has 148 valence electrons. The van der Waals surface area contributed by atoms with Crippen LogP contribution < -0.4 is 10.6 Å². The van der Waals surface area contributed by atoms with Crippen molar-refractivity contribution in [2.45, 2.75) is 39.3 Å². The van der Waals surface area contributed by atoms with Crippen molar-refractivity contribution in [3.63, 3.8) is 0 Å². The number of hydrogen-bond donors (Lipinski definition) is 2. The third-order valence-electron chi connectivity index (χ3n) is 5.79. The van der Waals surface area contributed by atoms with Crippen molar-refractivity contribution in [2.24, 2.45) is 5.92 Å². The Morgan fingerprint density at radius 2 is 1.78 bits per heavy atom. The number of carbonyl (C=O) groups excluding carboxylic acids is 1. The summed E-state index contributed by atoms with van der Waals surface area (Å²) in [4.78, 5) is 17.2. The van der Waals surface area contributed by atoms with Gasteiger partial charge in [0.15, 0.2) is 0 Å². The van der Waals surface area contributed by atoms with E-state index in [0.29, 0.717) is 12.5 Å². The van der Waals surface area contributed by atoms with Crippen LogP contribution in [0.4, 0.5) is 4.79 Å². The molecule has 1 fully saturated rings. The zero-order valence-corrected chi connectivity index (χ0v) is 16.6. The van der Waals surface area contributed by atoms with E-state index in [-0.39, 0.29) is 6.03 Å². The molecule has 0 radical (unpaired) electrons. The number of benzene rings is 1. The van der Waals surface area contributed by atoms with Crippen LogP contribution in [-0.2, 0) is 13.1 Å². The first-order valence-electron chi connectivity index (χ1n) is 10.4. The first-order valence-corrected chi connectivity index (χ1v) is 10.4. The molecule has 1 aliphatic carbocycles. The van der Waals surface area contributed by atoms with Crippen LogP contribution >= 0.6 is 0 Å². The van der Waals surface area contributed by atoms with Gasteiger partial charge in [-0.3, -0.25) is 4.90 Å². The number of allylic oxidation sites excluding steroid dienone is 2. The smallest absolute Gasteiger partial charge is 0.315 e. The second-order valence-corrected chi connectivity index (χ2v) is 7.69. The number of nitrogens with zero attached hydrogens (tertiary/aromatic N) is 2. The molecule has 1 aromatic rings. The van der Waals surface area contributed by atoms with Gasteiger partial charge in [0, 0.05) is 45.8 Å². The van der Waals surface area contributed by atoms with E-state index in [1.165, 1.54) is 17.5 Å². The summed E-state index contributed by atoms with van der Waals surface area (Å²) in [5, 5.41) is 6.07. The average Bonchev–Trinajstić information content (AvgIpc) is 2.73. The highest BCUT2D eigenvalue weighted by molar-refractivity contribution is 5.73. The van der Waals surface area contributed by atoms with Gasteiger partial charge in [0.2, 0.25) is 0 Å². The predicted octanol–water partition coefficient (Wildman–Crippen LogP) is 2.98. The quantitative estimate of drug-likeness (QED) is 0.726. The fourth-order valence-corrected chi connectivity index (χ4v) is 3.91. The van der Waals surface area contributed by atoms with Gasteiger partial charge in [-0.2, -0.15) is 0 Å². The Morgan fingerprint density at radius 1 is 1.04 bits per heavy atom. The summed E-state index contributed by atoms with van der Waals surface area (Å²) in [6.07, 6.45) is 7.84. The minimum absolute atomic E-state index is 0.0593. The minimum atomic E-state index is -0.0593. The summed E-state index contributed by atoms with van der Waals surface area (Å²) < 4.78 is 0. The van der Waals surface area contributed by atoms with Crippen molar-refractivity contribution in [3.05, 3.63) is 47.5 Å². The van der Waals surface area contributed by atoms with Gasteiger partial charge in [0.05, 0.1) is 0 Å². The summed E-state index contributed by atoms with van der Waals surface area (Å²) >= 11 is 0. The van der Waals surface area contributed by atoms with Crippen LogP contribution in [0.2, 0.25) is 0 Å². The molecule has 0 saturated carbocycles. The molecular weight excluding hydrogens is 336 g/mol. The van der Waals surface area contributed by atoms with Crippen molar-refractivity contribution >= 4 is 6.03 Å². The largest absolute Gasteiger partial charge is 0.338 e. The molecular formula is C22H34N4O. The van der Waals surface area contributed by atoms with Crippen molar-refractivity contribution in [3.8, 4) is 0 Å². The number of carbonyl (C=O) groups is 1. The van der Waals surface area contributed by atoms with Crippen molar-refractivity contribution in [2.75, 3.05) is 39.3 Å². The summed E-state index contributed by atoms with van der Waals surface area (Å²) in [5.41, 5.74) is 2.53. The van der Waals surface area contributed by atoms with Gasteiger partial charge in [-0.1, -0.05) is 43.3 Å².